The van der Waals surface area contributed by atoms with Gasteiger partial charge in [0.15, 0.2) is 0 Å². The van der Waals surface area contributed by atoms with Crippen LogP contribution in [0.4, 0.5) is 0 Å². The maximum atomic E-state index is 12.0. The number of hydrogen-bond donors (Lipinski definition) is 1. The summed E-state index contributed by atoms with van der Waals surface area (Å²) in [7, 11) is 0. The first kappa shape index (κ1) is 13.6. The van der Waals surface area contributed by atoms with Crippen molar-refractivity contribution in [1.29, 1.82) is 0 Å². The Bertz CT molecular complexity index is 697. The fourth-order valence-corrected chi connectivity index (χ4v) is 3.11. The highest BCUT2D eigenvalue weighted by atomic mass is 79.9. The molecule has 1 fully saturated rings. The van der Waals surface area contributed by atoms with Crippen LogP contribution in [0.1, 0.15) is 47.0 Å². The largest absolute Gasteiger partial charge is 0.309 e. The summed E-state index contributed by atoms with van der Waals surface area (Å²) in [6.07, 6.45) is 2.95. The van der Waals surface area contributed by atoms with Crippen LogP contribution in [0.3, 0.4) is 0 Å². The summed E-state index contributed by atoms with van der Waals surface area (Å²) in [6, 6.07) is 6.44. The molecule has 0 saturated heterocycles. The smallest absolute Gasteiger partial charge is 0.265 e. The first-order chi connectivity index (χ1) is 9.52. The van der Waals surface area contributed by atoms with Crippen molar-refractivity contribution < 1.29 is 0 Å². The van der Waals surface area contributed by atoms with E-state index in [0.29, 0.717) is 16.8 Å². The van der Waals surface area contributed by atoms with Crippen LogP contribution in [0.25, 0.3) is 0 Å². The van der Waals surface area contributed by atoms with Gasteiger partial charge in [-0.2, -0.15) is 0 Å². The molecule has 1 aliphatic rings. The summed E-state index contributed by atoms with van der Waals surface area (Å²) in [5.41, 5.74) is 4.52. The van der Waals surface area contributed by atoms with E-state index in [2.05, 4.69) is 57.9 Å². The molecule has 1 saturated carbocycles. The van der Waals surface area contributed by atoms with Crippen molar-refractivity contribution in [3.63, 3.8) is 0 Å². The van der Waals surface area contributed by atoms with E-state index in [4.69, 9.17) is 0 Å². The number of aryl methyl sites for hydroxylation is 2. The summed E-state index contributed by atoms with van der Waals surface area (Å²) in [6.45, 7) is 4.17. The number of nitrogens with one attached hydrogen (secondary N) is 1. The number of hydrogen-bond acceptors (Lipinski definition) is 2. The number of aromatic amines is 1. The van der Waals surface area contributed by atoms with Crippen LogP contribution >= 0.6 is 15.9 Å². The third kappa shape index (κ3) is 2.85. The molecule has 20 heavy (non-hydrogen) atoms. The molecule has 4 heteroatoms. The van der Waals surface area contributed by atoms with Gasteiger partial charge in [0, 0.05) is 12.3 Å². The molecule has 0 bridgehead atoms. The fraction of sp³-hybridized carbons (Fsp3) is 0.375. The second-order valence-corrected chi connectivity index (χ2v) is 6.45. The van der Waals surface area contributed by atoms with Gasteiger partial charge in [-0.1, -0.05) is 29.3 Å². The van der Waals surface area contributed by atoms with Gasteiger partial charge in [0.25, 0.3) is 5.56 Å². The molecule has 1 aliphatic carbocycles. The molecule has 0 radical (unpaired) electrons. The Labute approximate surface area is 126 Å². The molecule has 3 rings (SSSR count). The number of aromatic nitrogens is 2. The summed E-state index contributed by atoms with van der Waals surface area (Å²) in [5.74, 6) is 1.22. The van der Waals surface area contributed by atoms with Crippen LogP contribution in [-0.2, 0) is 6.42 Å². The van der Waals surface area contributed by atoms with Gasteiger partial charge in [-0.15, -0.1) is 0 Å². The molecule has 104 valence electrons. The minimum absolute atomic E-state index is 0.0683. The van der Waals surface area contributed by atoms with E-state index in [0.717, 1.165) is 24.4 Å². The molecule has 0 spiro atoms. The van der Waals surface area contributed by atoms with Crippen LogP contribution in [0.2, 0.25) is 0 Å². The number of benzene rings is 1. The summed E-state index contributed by atoms with van der Waals surface area (Å²) < 4.78 is 0.601. The van der Waals surface area contributed by atoms with E-state index < -0.39 is 0 Å². The Balaban J connectivity index is 1.96. The van der Waals surface area contributed by atoms with Gasteiger partial charge in [0.2, 0.25) is 0 Å². The van der Waals surface area contributed by atoms with Crippen molar-refractivity contribution in [3.8, 4) is 0 Å². The Hall–Kier alpha value is -1.42. The van der Waals surface area contributed by atoms with Crippen LogP contribution in [0.5, 0.6) is 0 Å². The molecule has 0 atom stereocenters. The Morgan fingerprint density at radius 3 is 2.50 bits per heavy atom. The van der Waals surface area contributed by atoms with Gasteiger partial charge in [-0.3, -0.25) is 4.79 Å². The molecule has 1 aromatic carbocycles. The monoisotopic (exact) mass is 332 g/mol. The van der Waals surface area contributed by atoms with Crippen molar-refractivity contribution in [3.05, 3.63) is 61.2 Å². The van der Waals surface area contributed by atoms with Crippen LogP contribution in [-0.4, -0.2) is 9.97 Å². The topological polar surface area (TPSA) is 45.8 Å². The van der Waals surface area contributed by atoms with Crippen molar-refractivity contribution in [2.24, 2.45) is 0 Å². The second-order valence-electron chi connectivity index (χ2n) is 5.66. The van der Waals surface area contributed by atoms with Crippen LogP contribution < -0.4 is 5.56 Å². The number of halogens is 1. The first-order valence-electron chi connectivity index (χ1n) is 6.88. The van der Waals surface area contributed by atoms with Crippen molar-refractivity contribution in [2.45, 2.75) is 39.0 Å². The summed E-state index contributed by atoms with van der Waals surface area (Å²) in [4.78, 5) is 19.5. The van der Waals surface area contributed by atoms with Gasteiger partial charge in [-0.25, -0.2) is 4.98 Å². The zero-order chi connectivity index (χ0) is 14.3. The molecule has 0 unspecified atom stereocenters. The van der Waals surface area contributed by atoms with Gasteiger partial charge >= 0.3 is 0 Å². The lowest BCUT2D eigenvalue weighted by atomic mass is 10.0. The summed E-state index contributed by atoms with van der Waals surface area (Å²) >= 11 is 3.36. The Morgan fingerprint density at radius 2 is 1.90 bits per heavy atom. The van der Waals surface area contributed by atoms with E-state index in [9.17, 15) is 4.79 Å². The number of nitrogens with zero attached hydrogens (tertiary/aromatic N) is 1. The average molecular weight is 333 g/mol. The normalized spacial score (nSPS) is 14.6. The highest BCUT2D eigenvalue weighted by Gasteiger charge is 2.28. The summed E-state index contributed by atoms with van der Waals surface area (Å²) in [5, 5.41) is 0. The molecular weight excluding hydrogens is 316 g/mol. The molecule has 2 aromatic rings. The van der Waals surface area contributed by atoms with E-state index in [1.54, 1.807) is 0 Å². The van der Waals surface area contributed by atoms with Crippen molar-refractivity contribution in [2.75, 3.05) is 0 Å². The zero-order valence-electron chi connectivity index (χ0n) is 11.7. The fourth-order valence-electron chi connectivity index (χ4n) is 2.60. The molecule has 3 nitrogen and oxygen atoms in total. The predicted molar refractivity (Wildman–Crippen MR) is 83.3 cm³/mol. The standard InChI is InChI=1S/C16H17BrN2O/c1-9-5-10(2)7-11(6-9)8-13-18-15(12-3-4-12)14(17)16(20)19-13/h5-7,12H,3-4,8H2,1-2H3,(H,18,19,20). The van der Waals surface area contributed by atoms with Gasteiger partial charge in [0.05, 0.1) is 5.69 Å². The minimum atomic E-state index is -0.0683. The molecule has 1 heterocycles. The lowest BCUT2D eigenvalue weighted by Crippen LogP contribution is -2.15. The average Bonchev–Trinajstić information content (AvgIpc) is 3.16. The Kier molecular flexibility index (Phi) is 3.50. The van der Waals surface area contributed by atoms with Crippen LogP contribution in [0.15, 0.2) is 27.5 Å². The minimum Gasteiger partial charge on any atom is -0.309 e. The lowest BCUT2D eigenvalue weighted by Gasteiger charge is -2.07. The van der Waals surface area contributed by atoms with Gasteiger partial charge < -0.3 is 4.98 Å². The zero-order valence-corrected chi connectivity index (χ0v) is 13.3. The van der Waals surface area contributed by atoms with Gasteiger partial charge in [-0.05, 0) is 48.2 Å². The van der Waals surface area contributed by atoms with Crippen molar-refractivity contribution in [1.82, 2.24) is 9.97 Å². The Morgan fingerprint density at radius 1 is 1.25 bits per heavy atom. The molecular formula is C16H17BrN2O. The second kappa shape index (κ2) is 5.17. The molecule has 1 aromatic heterocycles. The molecule has 0 aliphatic heterocycles. The lowest BCUT2D eigenvalue weighted by molar-refractivity contribution is 0.870. The molecule has 0 amide bonds. The van der Waals surface area contributed by atoms with E-state index >= 15 is 0 Å². The third-order valence-electron chi connectivity index (χ3n) is 3.55. The first-order valence-corrected chi connectivity index (χ1v) is 7.68. The SMILES string of the molecule is Cc1cc(C)cc(Cc2nc(C3CC3)c(Br)c(=O)[nH]2)c1. The van der Waals surface area contributed by atoms with Crippen LogP contribution in [0, 0.1) is 13.8 Å². The highest BCUT2D eigenvalue weighted by molar-refractivity contribution is 9.10. The maximum Gasteiger partial charge on any atom is 0.265 e. The van der Waals surface area contributed by atoms with E-state index in [-0.39, 0.29) is 5.56 Å². The van der Waals surface area contributed by atoms with Crippen molar-refractivity contribution >= 4 is 15.9 Å². The molecule has 1 N–H and O–H groups in total. The van der Waals surface area contributed by atoms with E-state index in [1.807, 2.05) is 0 Å². The van der Waals surface area contributed by atoms with E-state index in [1.165, 1.54) is 16.7 Å². The number of rotatable bonds is 3. The quantitative estimate of drug-likeness (QED) is 0.932. The van der Waals surface area contributed by atoms with Gasteiger partial charge in [0.1, 0.15) is 10.3 Å². The number of H-pyrrole nitrogens is 1. The maximum absolute atomic E-state index is 12.0. The third-order valence-corrected chi connectivity index (χ3v) is 4.32. The highest BCUT2D eigenvalue weighted by Crippen LogP contribution is 2.41. The predicted octanol–water partition coefficient (Wildman–Crippen LogP) is 3.62.